The molecule has 3 aromatic heterocycles. The summed E-state index contributed by atoms with van der Waals surface area (Å²) in [7, 11) is 3.49. The minimum Gasteiger partial charge on any atom is -0.494 e. The smallest absolute Gasteiger partial charge is 0.221 e. The molecule has 0 saturated carbocycles. The first-order valence-corrected chi connectivity index (χ1v) is 8.75. The number of fused-ring (bicyclic) bond motifs is 1. The topological polar surface area (TPSA) is 81.9 Å². The molecule has 0 unspecified atom stereocenters. The van der Waals surface area contributed by atoms with Crippen LogP contribution in [-0.4, -0.2) is 32.5 Å². The van der Waals surface area contributed by atoms with E-state index in [0.29, 0.717) is 11.4 Å². The molecule has 28 heavy (non-hydrogen) atoms. The second kappa shape index (κ2) is 7.11. The van der Waals surface area contributed by atoms with Gasteiger partial charge in [0.2, 0.25) is 5.91 Å². The van der Waals surface area contributed by atoms with Crippen LogP contribution >= 0.6 is 0 Å². The van der Waals surface area contributed by atoms with Gasteiger partial charge < -0.3 is 14.6 Å². The van der Waals surface area contributed by atoms with Crippen molar-refractivity contribution in [2.75, 3.05) is 12.4 Å². The van der Waals surface area contributed by atoms with Crippen LogP contribution in [-0.2, 0) is 11.8 Å². The number of rotatable bonds is 4. The molecule has 0 spiro atoms. The Bertz CT molecular complexity index is 1170. The van der Waals surface area contributed by atoms with E-state index in [9.17, 15) is 4.79 Å². The van der Waals surface area contributed by atoms with Gasteiger partial charge in [-0.3, -0.25) is 9.78 Å². The molecule has 0 radical (unpaired) electrons. The van der Waals surface area contributed by atoms with E-state index >= 15 is 0 Å². The van der Waals surface area contributed by atoms with Crippen molar-refractivity contribution in [2.24, 2.45) is 7.05 Å². The maximum absolute atomic E-state index is 11.6. The maximum atomic E-state index is 11.6. The van der Waals surface area contributed by atoms with E-state index in [1.807, 2.05) is 48.0 Å². The summed E-state index contributed by atoms with van der Waals surface area (Å²) in [6, 6.07) is 11.5. The molecule has 140 valence electrons. The molecule has 0 aliphatic carbocycles. The van der Waals surface area contributed by atoms with Gasteiger partial charge in [-0.05, 0) is 24.3 Å². The number of pyridine rings is 2. The predicted octanol–water partition coefficient (Wildman–Crippen LogP) is 3.66. The SMILES string of the molecule is COc1cc2nc(-c3cncn3C)cc(-c3ccccn3)c2cc1NC(C)=O. The minimum atomic E-state index is -0.170. The number of methoxy groups -OCH3 is 1. The average molecular weight is 373 g/mol. The molecular formula is C21H19N5O2. The van der Waals surface area contributed by atoms with E-state index in [-0.39, 0.29) is 5.91 Å². The van der Waals surface area contributed by atoms with Gasteiger partial charge in [0.25, 0.3) is 0 Å². The normalized spacial score (nSPS) is 10.8. The van der Waals surface area contributed by atoms with Crippen molar-refractivity contribution in [1.29, 1.82) is 0 Å². The lowest BCUT2D eigenvalue weighted by Gasteiger charge is -2.14. The Kier molecular flexibility index (Phi) is 4.49. The Hall–Kier alpha value is -3.74. The molecular weight excluding hydrogens is 354 g/mol. The highest BCUT2D eigenvalue weighted by Gasteiger charge is 2.16. The Morgan fingerprint density at radius 2 is 2.04 bits per heavy atom. The summed E-state index contributed by atoms with van der Waals surface area (Å²) in [5.74, 6) is 0.376. The van der Waals surface area contributed by atoms with Gasteiger partial charge in [0.05, 0.1) is 47.9 Å². The van der Waals surface area contributed by atoms with Crippen LogP contribution in [0.15, 0.2) is 55.1 Å². The lowest BCUT2D eigenvalue weighted by Crippen LogP contribution is -2.07. The number of hydrogen-bond donors (Lipinski definition) is 1. The minimum absolute atomic E-state index is 0.170. The highest BCUT2D eigenvalue weighted by Crippen LogP contribution is 2.36. The largest absolute Gasteiger partial charge is 0.494 e. The summed E-state index contributed by atoms with van der Waals surface area (Å²) >= 11 is 0. The van der Waals surface area contributed by atoms with Crippen LogP contribution in [0.4, 0.5) is 5.69 Å². The number of amides is 1. The molecule has 0 atom stereocenters. The van der Waals surface area contributed by atoms with Crippen LogP contribution in [0.1, 0.15) is 6.92 Å². The summed E-state index contributed by atoms with van der Waals surface area (Å²) in [4.78, 5) is 25.1. The van der Waals surface area contributed by atoms with Gasteiger partial charge in [-0.2, -0.15) is 0 Å². The van der Waals surface area contributed by atoms with Crippen molar-refractivity contribution < 1.29 is 9.53 Å². The molecule has 0 bridgehead atoms. The van der Waals surface area contributed by atoms with Gasteiger partial charge >= 0.3 is 0 Å². The van der Waals surface area contributed by atoms with Gasteiger partial charge in [-0.25, -0.2) is 9.97 Å². The van der Waals surface area contributed by atoms with E-state index in [4.69, 9.17) is 9.72 Å². The quantitative estimate of drug-likeness (QED) is 0.590. The molecule has 0 aliphatic heterocycles. The highest BCUT2D eigenvalue weighted by molar-refractivity contribution is 6.01. The zero-order chi connectivity index (χ0) is 19.7. The van der Waals surface area contributed by atoms with Crippen molar-refractivity contribution in [1.82, 2.24) is 19.5 Å². The lowest BCUT2D eigenvalue weighted by atomic mass is 10.0. The fourth-order valence-electron chi connectivity index (χ4n) is 3.18. The van der Waals surface area contributed by atoms with Crippen molar-refractivity contribution in [3.8, 4) is 28.4 Å². The second-order valence-electron chi connectivity index (χ2n) is 6.41. The zero-order valence-electron chi connectivity index (χ0n) is 15.8. The maximum Gasteiger partial charge on any atom is 0.221 e. The molecule has 0 fully saturated rings. The van der Waals surface area contributed by atoms with Crippen LogP contribution < -0.4 is 10.1 Å². The highest BCUT2D eigenvalue weighted by atomic mass is 16.5. The molecule has 7 heteroatoms. The number of imidazole rings is 1. The van der Waals surface area contributed by atoms with Crippen LogP contribution in [0.5, 0.6) is 5.75 Å². The van der Waals surface area contributed by atoms with Gasteiger partial charge in [-0.15, -0.1) is 0 Å². The first-order chi connectivity index (χ1) is 13.6. The van der Waals surface area contributed by atoms with Crippen LogP contribution in [0.25, 0.3) is 33.5 Å². The summed E-state index contributed by atoms with van der Waals surface area (Å²) in [5.41, 5.74) is 4.74. The van der Waals surface area contributed by atoms with Gasteiger partial charge in [-0.1, -0.05) is 6.07 Å². The Morgan fingerprint density at radius 1 is 1.18 bits per heavy atom. The number of hydrogen-bond acceptors (Lipinski definition) is 5. The summed E-state index contributed by atoms with van der Waals surface area (Å²) in [6.07, 6.45) is 5.27. The van der Waals surface area contributed by atoms with Crippen molar-refractivity contribution in [3.05, 3.63) is 55.1 Å². The van der Waals surface area contributed by atoms with E-state index < -0.39 is 0 Å². The Morgan fingerprint density at radius 3 is 2.68 bits per heavy atom. The number of nitrogens with one attached hydrogen (secondary N) is 1. The number of ether oxygens (including phenoxy) is 1. The average Bonchev–Trinajstić information content (AvgIpc) is 3.13. The van der Waals surface area contributed by atoms with Crippen molar-refractivity contribution in [2.45, 2.75) is 6.92 Å². The standard InChI is InChI=1S/C21H19N5O2/c1-13(27)24-19-9-15-14(16-6-4-5-7-23-16)8-18(20-11-22-12-26(20)2)25-17(15)10-21(19)28-3/h4-12H,1-3H3,(H,24,27). The number of nitrogens with zero attached hydrogens (tertiary/aromatic N) is 4. The summed E-state index contributed by atoms with van der Waals surface area (Å²) < 4.78 is 7.38. The predicted molar refractivity (Wildman–Crippen MR) is 108 cm³/mol. The van der Waals surface area contributed by atoms with Gasteiger partial charge in [0, 0.05) is 37.2 Å². The summed E-state index contributed by atoms with van der Waals surface area (Å²) in [5, 5.41) is 3.69. The summed E-state index contributed by atoms with van der Waals surface area (Å²) in [6.45, 7) is 1.47. The van der Waals surface area contributed by atoms with Gasteiger partial charge in [0.15, 0.2) is 0 Å². The van der Waals surface area contributed by atoms with E-state index in [1.165, 1.54) is 6.92 Å². The molecule has 4 aromatic rings. The third-order valence-corrected chi connectivity index (χ3v) is 4.46. The third-order valence-electron chi connectivity index (χ3n) is 4.46. The monoisotopic (exact) mass is 373 g/mol. The Balaban J connectivity index is 2.04. The molecule has 0 aliphatic rings. The first-order valence-electron chi connectivity index (χ1n) is 8.75. The fraction of sp³-hybridized carbons (Fsp3) is 0.143. The molecule has 7 nitrogen and oxygen atoms in total. The van der Waals surface area contributed by atoms with Crippen LogP contribution in [0, 0.1) is 0 Å². The number of anilines is 1. The van der Waals surface area contributed by atoms with E-state index in [1.54, 1.807) is 25.8 Å². The van der Waals surface area contributed by atoms with Crippen molar-refractivity contribution >= 4 is 22.5 Å². The fourth-order valence-corrected chi connectivity index (χ4v) is 3.18. The molecule has 1 aromatic carbocycles. The number of aromatic nitrogens is 4. The number of benzene rings is 1. The molecule has 0 saturated heterocycles. The third kappa shape index (κ3) is 3.18. The number of aryl methyl sites for hydroxylation is 1. The Labute approximate surface area is 162 Å². The molecule has 4 rings (SSSR count). The van der Waals surface area contributed by atoms with Gasteiger partial charge in [0.1, 0.15) is 5.75 Å². The molecule has 1 amide bonds. The lowest BCUT2D eigenvalue weighted by molar-refractivity contribution is -0.114. The van der Waals surface area contributed by atoms with Crippen LogP contribution in [0.3, 0.4) is 0 Å². The van der Waals surface area contributed by atoms with Crippen LogP contribution in [0.2, 0.25) is 0 Å². The second-order valence-corrected chi connectivity index (χ2v) is 6.41. The number of carbonyl (C=O) groups is 1. The molecule has 1 N–H and O–H groups in total. The molecule has 3 heterocycles. The van der Waals surface area contributed by atoms with Crippen molar-refractivity contribution in [3.63, 3.8) is 0 Å². The number of carbonyl (C=O) groups excluding carboxylic acids is 1. The van der Waals surface area contributed by atoms with E-state index in [2.05, 4.69) is 15.3 Å². The zero-order valence-corrected chi connectivity index (χ0v) is 15.8. The first kappa shape index (κ1) is 17.7. The van der Waals surface area contributed by atoms with E-state index in [0.717, 1.165) is 33.5 Å².